The van der Waals surface area contributed by atoms with E-state index in [1.165, 1.54) is 17.4 Å². The van der Waals surface area contributed by atoms with E-state index in [0.717, 1.165) is 11.1 Å². The molecular weight excluding hydrogens is 628 g/mol. The minimum Gasteiger partial charge on any atom is -0.457 e. The lowest BCUT2D eigenvalue weighted by Crippen LogP contribution is -2.50. The number of carbonyl (C=O) groups is 2. The molecule has 0 radical (unpaired) electrons. The van der Waals surface area contributed by atoms with Crippen LogP contribution in [0.4, 0.5) is 13.2 Å². The minimum atomic E-state index is -4.53. The lowest BCUT2D eigenvalue weighted by molar-refractivity contribution is -0.150. The van der Waals surface area contributed by atoms with E-state index in [2.05, 4.69) is 52.0 Å². The first-order valence-corrected chi connectivity index (χ1v) is 19.7. The molecule has 1 rings (SSSR count). The monoisotopic (exact) mass is 683 g/mol. The number of hydrogen-bond acceptors (Lipinski definition) is 6. The van der Waals surface area contributed by atoms with Crippen LogP contribution in [0.5, 0.6) is 0 Å². The molecule has 0 aliphatic rings. The number of esters is 1. The number of alkyl halides is 3. The lowest BCUT2D eigenvalue weighted by atomic mass is 9.69. The van der Waals surface area contributed by atoms with Gasteiger partial charge < -0.3 is 9.16 Å². The lowest BCUT2D eigenvalue weighted by Gasteiger charge is -2.43. The Bertz CT molecular complexity index is 1270. The number of nitrogens with zero attached hydrogens (tertiary/aromatic N) is 1. The van der Waals surface area contributed by atoms with E-state index in [0.29, 0.717) is 11.3 Å². The highest BCUT2D eigenvalue weighted by molar-refractivity contribution is 7.09. The van der Waals surface area contributed by atoms with Gasteiger partial charge in [0.15, 0.2) is 8.32 Å². The van der Waals surface area contributed by atoms with E-state index in [-0.39, 0.29) is 42.1 Å². The Kier molecular flexibility index (Phi) is 15.1. The molecule has 0 fully saturated rings. The number of hydrogen-bond donors (Lipinski definition) is 0. The van der Waals surface area contributed by atoms with Crippen LogP contribution in [-0.2, 0) is 18.8 Å². The molecule has 5 nitrogen and oxygen atoms in total. The number of ether oxygens (including phenoxy) is 1. The van der Waals surface area contributed by atoms with Gasteiger partial charge in [-0.25, -0.2) is 4.98 Å². The zero-order valence-corrected chi connectivity index (χ0v) is 31.7. The van der Waals surface area contributed by atoms with Gasteiger partial charge in [0.1, 0.15) is 11.9 Å². The Labute approximate surface area is 280 Å². The predicted octanol–water partition coefficient (Wildman–Crippen LogP) is 10.7. The number of rotatable bonds is 17. The van der Waals surface area contributed by atoms with Crippen molar-refractivity contribution >= 4 is 37.5 Å². The number of allylic oxidation sites excluding steroid dienone is 2. The van der Waals surface area contributed by atoms with Gasteiger partial charge in [0.05, 0.1) is 16.8 Å². The Balaban J connectivity index is 3.27. The van der Waals surface area contributed by atoms with Crippen LogP contribution in [0.15, 0.2) is 47.9 Å². The van der Waals surface area contributed by atoms with Crippen LogP contribution in [-0.4, -0.2) is 43.4 Å². The molecule has 46 heavy (non-hydrogen) atoms. The van der Waals surface area contributed by atoms with E-state index < -0.39 is 49.4 Å². The Morgan fingerprint density at radius 1 is 1.09 bits per heavy atom. The quantitative estimate of drug-likeness (QED) is 0.0929. The summed E-state index contributed by atoms with van der Waals surface area (Å²) < 4.78 is 53.4. The fraction of sp³-hybridized carbons (Fsp3) is 0.639. The van der Waals surface area contributed by atoms with Crippen LogP contribution < -0.4 is 0 Å². The van der Waals surface area contributed by atoms with Crippen LogP contribution in [0.3, 0.4) is 0 Å². The van der Waals surface area contributed by atoms with Gasteiger partial charge in [0, 0.05) is 35.1 Å². The zero-order chi connectivity index (χ0) is 35.8. The fourth-order valence-corrected chi connectivity index (χ4v) is 6.85. The number of halogens is 3. The molecule has 1 aromatic rings. The molecule has 0 spiro atoms. The first-order chi connectivity index (χ1) is 20.9. The molecule has 1 aromatic heterocycles. The highest BCUT2D eigenvalue weighted by Crippen LogP contribution is 2.41. The van der Waals surface area contributed by atoms with Gasteiger partial charge in [0.2, 0.25) is 0 Å². The molecule has 1 heterocycles. The van der Waals surface area contributed by atoms with E-state index in [1.807, 2.05) is 53.0 Å². The number of ketones is 1. The molecule has 5 atom stereocenters. The van der Waals surface area contributed by atoms with Gasteiger partial charge in [-0.2, -0.15) is 13.2 Å². The van der Waals surface area contributed by atoms with Crippen molar-refractivity contribution in [1.29, 1.82) is 0 Å². The predicted molar refractivity (Wildman–Crippen MR) is 187 cm³/mol. The molecule has 0 N–H and O–H groups in total. The number of thiazole rings is 1. The van der Waals surface area contributed by atoms with Gasteiger partial charge in [-0.3, -0.25) is 9.59 Å². The SMILES string of the molecule is C=CC/C(=C\C[C@H](OC(=O)C[C@H](C)C(C)(C)C(=O)[C@H](C)[C@@H](O[Si](C)(C)C(C)(C)C)[C@@H](C)C=C)/C(C)=C/c1csc(C)n1)C(F)(F)F. The Morgan fingerprint density at radius 3 is 2.13 bits per heavy atom. The molecule has 0 aromatic carbocycles. The summed E-state index contributed by atoms with van der Waals surface area (Å²) in [6.45, 7) is 31.1. The molecule has 0 saturated carbocycles. The van der Waals surface area contributed by atoms with Gasteiger partial charge in [-0.15, -0.1) is 24.5 Å². The van der Waals surface area contributed by atoms with E-state index >= 15 is 0 Å². The summed E-state index contributed by atoms with van der Waals surface area (Å²) >= 11 is 1.45. The topological polar surface area (TPSA) is 65.5 Å². The fourth-order valence-electron chi connectivity index (χ4n) is 4.83. The van der Waals surface area contributed by atoms with Crippen molar-refractivity contribution in [3.8, 4) is 0 Å². The number of aromatic nitrogens is 1. The maximum Gasteiger partial charge on any atom is 0.412 e. The van der Waals surface area contributed by atoms with Crippen LogP contribution in [0, 0.1) is 30.1 Å². The average molecular weight is 684 g/mol. The second-order valence-electron chi connectivity index (χ2n) is 14.5. The largest absolute Gasteiger partial charge is 0.457 e. The third-order valence-corrected chi connectivity index (χ3v) is 14.7. The standard InChI is InChI=1S/C36H56F3NO4SSi/c1-15-17-28(36(37,38)39)18-19-30(24(4)20-29-22-45-27(7)40-29)43-31(41)21-25(5)35(11,12)33(42)26(6)32(23(3)16-2)44-46(13,14)34(8,9)10/h15-16,18,20,22-23,25-26,30,32H,1-2,17,19,21H2,3-14H3/b24-20+,28-18+/t23-,25-,26+,30-,32-/m0/s1. The molecule has 10 heteroatoms. The van der Waals surface area contributed by atoms with E-state index in [1.54, 1.807) is 13.0 Å². The van der Waals surface area contributed by atoms with Crippen molar-refractivity contribution < 1.29 is 31.9 Å². The van der Waals surface area contributed by atoms with Crippen molar-refractivity contribution in [2.75, 3.05) is 0 Å². The van der Waals surface area contributed by atoms with Gasteiger partial charge in [-0.1, -0.05) is 73.6 Å². The molecule has 0 aliphatic heterocycles. The van der Waals surface area contributed by atoms with Crippen LogP contribution >= 0.6 is 11.3 Å². The highest BCUT2D eigenvalue weighted by atomic mass is 32.1. The number of Topliss-reactive ketones (excluding diaryl/α,β-unsaturated/α-hetero) is 1. The van der Waals surface area contributed by atoms with Gasteiger partial charge >= 0.3 is 12.1 Å². The third-order valence-electron chi connectivity index (χ3n) is 9.47. The smallest absolute Gasteiger partial charge is 0.412 e. The summed E-state index contributed by atoms with van der Waals surface area (Å²) in [7, 11) is -2.22. The summed E-state index contributed by atoms with van der Waals surface area (Å²) in [5, 5.41) is 2.62. The molecule has 0 aliphatic carbocycles. The zero-order valence-electron chi connectivity index (χ0n) is 29.9. The first-order valence-electron chi connectivity index (χ1n) is 15.9. The first kappa shape index (κ1) is 41.7. The number of aryl methyl sites for hydroxylation is 1. The maximum atomic E-state index is 14.1. The van der Waals surface area contributed by atoms with E-state index in [9.17, 15) is 22.8 Å². The summed E-state index contributed by atoms with van der Waals surface area (Å²) in [4.78, 5) is 31.8. The normalized spacial score (nSPS) is 17.1. The molecule has 0 saturated heterocycles. The third kappa shape index (κ3) is 11.7. The second-order valence-corrected chi connectivity index (χ2v) is 20.3. The van der Waals surface area contributed by atoms with E-state index in [4.69, 9.17) is 9.16 Å². The summed E-state index contributed by atoms with van der Waals surface area (Å²) in [5.74, 6) is -1.58. The molecule has 260 valence electrons. The maximum absolute atomic E-state index is 14.1. The number of carbonyl (C=O) groups excluding carboxylic acids is 2. The van der Waals surface area contributed by atoms with Crippen LogP contribution in [0.2, 0.25) is 18.1 Å². The van der Waals surface area contributed by atoms with Gasteiger partial charge in [0.25, 0.3) is 0 Å². The van der Waals surface area contributed by atoms with Crippen molar-refractivity contribution in [2.45, 2.75) is 125 Å². The van der Waals surface area contributed by atoms with Crippen molar-refractivity contribution in [1.82, 2.24) is 4.98 Å². The van der Waals surface area contributed by atoms with Crippen molar-refractivity contribution in [2.24, 2.45) is 23.2 Å². The van der Waals surface area contributed by atoms with Crippen LogP contribution in [0.25, 0.3) is 6.08 Å². The van der Waals surface area contributed by atoms with Crippen molar-refractivity contribution in [3.05, 3.63) is 58.6 Å². The average Bonchev–Trinajstić information content (AvgIpc) is 3.34. The van der Waals surface area contributed by atoms with Gasteiger partial charge in [-0.05, 0) is 61.9 Å². The minimum absolute atomic E-state index is 0.0288. The van der Waals surface area contributed by atoms with Crippen LogP contribution in [0.1, 0.15) is 92.3 Å². The molecule has 0 unspecified atom stereocenters. The summed E-state index contributed by atoms with van der Waals surface area (Å²) in [6.07, 6.45) is -0.669. The molecule has 0 amide bonds. The second kappa shape index (κ2) is 16.7. The Morgan fingerprint density at radius 2 is 1.67 bits per heavy atom. The van der Waals surface area contributed by atoms with Crippen molar-refractivity contribution in [3.63, 3.8) is 0 Å². The molecular formula is C36H56F3NO4SSi. The Hall–Kier alpha value is -2.30. The summed E-state index contributed by atoms with van der Waals surface area (Å²) in [5.41, 5.74) is -0.460. The molecule has 0 bridgehead atoms. The highest BCUT2D eigenvalue weighted by Gasteiger charge is 2.46. The summed E-state index contributed by atoms with van der Waals surface area (Å²) in [6, 6.07) is 0.